The molecule has 11 heteroatoms. The van der Waals surface area contributed by atoms with Crippen LogP contribution < -0.4 is 4.72 Å². The van der Waals surface area contributed by atoms with E-state index in [4.69, 9.17) is 5.11 Å². The second-order valence-corrected chi connectivity index (χ2v) is 7.14. The molecule has 112 valence electrons. The lowest BCUT2D eigenvalue weighted by molar-refractivity contribution is 0.0691. The summed E-state index contributed by atoms with van der Waals surface area (Å²) in [4.78, 5) is 13.9. The molecule has 0 spiro atoms. The van der Waals surface area contributed by atoms with Crippen LogP contribution in [0.2, 0.25) is 0 Å². The van der Waals surface area contributed by atoms with Crippen molar-refractivity contribution in [3.05, 3.63) is 33.8 Å². The first-order valence-electron chi connectivity index (χ1n) is 5.26. The van der Waals surface area contributed by atoms with Crippen molar-refractivity contribution in [2.24, 2.45) is 0 Å². The van der Waals surface area contributed by atoms with Gasteiger partial charge in [0.1, 0.15) is 10.7 Å². The van der Waals surface area contributed by atoms with Crippen LogP contribution in [0.3, 0.4) is 0 Å². The fourth-order valence-electron chi connectivity index (χ4n) is 1.42. The summed E-state index contributed by atoms with van der Waals surface area (Å²) in [6.45, 7) is 1.57. The van der Waals surface area contributed by atoms with E-state index in [0.717, 1.165) is 23.7 Å². The molecule has 0 amide bonds. The summed E-state index contributed by atoms with van der Waals surface area (Å²) in [5.41, 5.74) is -0.752. The van der Waals surface area contributed by atoms with Gasteiger partial charge in [0.2, 0.25) is 5.13 Å². The van der Waals surface area contributed by atoms with Crippen LogP contribution in [0.5, 0.6) is 0 Å². The molecule has 2 N–H and O–H groups in total. The number of aryl methyl sites for hydroxylation is 1. The molecule has 1 heterocycles. The number of carbonyl (C=O) groups is 1. The van der Waals surface area contributed by atoms with Gasteiger partial charge in [0.25, 0.3) is 10.0 Å². The minimum atomic E-state index is -4.32. The van der Waals surface area contributed by atoms with Crippen molar-refractivity contribution >= 4 is 48.6 Å². The van der Waals surface area contributed by atoms with Crippen molar-refractivity contribution in [1.82, 2.24) is 9.36 Å². The molecular formula is C10H7BrFN3O4S2. The maximum absolute atomic E-state index is 14.1. The van der Waals surface area contributed by atoms with E-state index in [2.05, 4.69) is 30.0 Å². The summed E-state index contributed by atoms with van der Waals surface area (Å²) in [5, 5.41) is 8.84. The molecule has 1 aromatic carbocycles. The monoisotopic (exact) mass is 395 g/mol. The standard InChI is InChI=1S/C10H7BrFN3O4S2/c1-4-13-10(20-14-4)15-21(18,19)7-3-5(11)2-6(8(7)12)9(16)17/h2-3H,1H3,(H,16,17)(H,13,14,15). The second kappa shape index (κ2) is 5.66. The molecule has 0 radical (unpaired) electrons. The van der Waals surface area contributed by atoms with E-state index in [-0.39, 0.29) is 9.60 Å². The Bertz CT molecular complexity index is 822. The summed E-state index contributed by atoms with van der Waals surface area (Å²) >= 11 is 3.74. The molecule has 0 unspecified atom stereocenters. The van der Waals surface area contributed by atoms with Crippen LogP contribution in [-0.4, -0.2) is 28.9 Å². The molecule has 0 bridgehead atoms. The van der Waals surface area contributed by atoms with E-state index in [9.17, 15) is 17.6 Å². The quantitative estimate of drug-likeness (QED) is 0.821. The lowest BCUT2D eigenvalue weighted by Crippen LogP contribution is -2.16. The second-order valence-electron chi connectivity index (χ2n) is 3.82. The van der Waals surface area contributed by atoms with E-state index in [1.807, 2.05) is 0 Å². The zero-order valence-electron chi connectivity index (χ0n) is 10.3. The van der Waals surface area contributed by atoms with E-state index < -0.39 is 32.3 Å². The first-order valence-corrected chi connectivity index (χ1v) is 8.31. The third-order valence-electron chi connectivity index (χ3n) is 2.27. The predicted octanol–water partition coefficient (Wildman–Crippen LogP) is 2.25. The third-order valence-corrected chi connectivity index (χ3v) is 4.92. The fourth-order valence-corrected chi connectivity index (χ4v) is 3.96. The van der Waals surface area contributed by atoms with E-state index in [1.54, 1.807) is 6.92 Å². The minimum Gasteiger partial charge on any atom is -0.478 e. The third kappa shape index (κ3) is 3.36. The Morgan fingerprint density at radius 2 is 2.14 bits per heavy atom. The van der Waals surface area contributed by atoms with Gasteiger partial charge in [-0.3, -0.25) is 4.72 Å². The molecule has 0 aliphatic carbocycles. The number of anilines is 1. The number of halogens is 2. The van der Waals surface area contributed by atoms with Gasteiger partial charge in [-0.25, -0.2) is 22.6 Å². The summed E-state index contributed by atoms with van der Waals surface area (Å²) < 4.78 is 44.3. The zero-order chi connectivity index (χ0) is 15.8. The van der Waals surface area contributed by atoms with E-state index in [0.29, 0.717) is 5.82 Å². The number of hydrogen-bond donors (Lipinski definition) is 2. The number of benzene rings is 1. The zero-order valence-corrected chi connectivity index (χ0v) is 13.5. The van der Waals surface area contributed by atoms with Crippen LogP contribution in [0.15, 0.2) is 21.5 Å². The molecule has 7 nitrogen and oxygen atoms in total. The highest BCUT2D eigenvalue weighted by Gasteiger charge is 2.26. The highest BCUT2D eigenvalue weighted by molar-refractivity contribution is 9.10. The largest absolute Gasteiger partial charge is 0.478 e. The van der Waals surface area contributed by atoms with Crippen molar-refractivity contribution in [1.29, 1.82) is 0 Å². The van der Waals surface area contributed by atoms with Gasteiger partial charge >= 0.3 is 5.97 Å². The maximum atomic E-state index is 14.1. The number of sulfonamides is 1. The predicted molar refractivity (Wildman–Crippen MR) is 76.5 cm³/mol. The normalized spacial score (nSPS) is 11.4. The van der Waals surface area contributed by atoms with E-state index in [1.165, 1.54) is 0 Å². The average Bonchev–Trinajstić information content (AvgIpc) is 2.76. The number of rotatable bonds is 4. The molecular weight excluding hydrogens is 389 g/mol. The summed E-state index contributed by atoms with van der Waals surface area (Å²) in [6, 6.07) is 1.95. The number of aromatic carboxylic acids is 1. The lowest BCUT2D eigenvalue weighted by Gasteiger charge is -2.08. The minimum absolute atomic E-state index is 0.0382. The average molecular weight is 396 g/mol. The Kier molecular flexibility index (Phi) is 4.25. The van der Waals surface area contributed by atoms with Crippen LogP contribution >= 0.6 is 27.5 Å². The number of nitrogens with zero attached hydrogens (tertiary/aromatic N) is 2. The summed E-state index contributed by atoms with van der Waals surface area (Å²) in [5.74, 6) is -2.56. The van der Waals surface area contributed by atoms with Gasteiger partial charge in [-0.2, -0.15) is 4.37 Å². The first-order chi connectivity index (χ1) is 9.70. The van der Waals surface area contributed by atoms with Crippen molar-refractivity contribution in [2.45, 2.75) is 11.8 Å². The molecule has 0 saturated heterocycles. The van der Waals surface area contributed by atoms with Gasteiger partial charge in [0.15, 0.2) is 5.82 Å². The maximum Gasteiger partial charge on any atom is 0.338 e. The number of hydrogen-bond acceptors (Lipinski definition) is 6. The van der Waals surface area contributed by atoms with Gasteiger partial charge in [0.05, 0.1) is 5.56 Å². The van der Waals surface area contributed by atoms with Gasteiger partial charge < -0.3 is 5.11 Å². The van der Waals surface area contributed by atoms with Crippen molar-refractivity contribution in [2.75, 3.05) is 4.72 Å². The Morgan fingerprint density at radius 1 is 1.48 bits per heavy atom. The molecule has 0 saturated carbocycles. The number of aromatic nitrogens is 2. The molecule has 2 rings (SSSR count). The Morgan fingerprint density at radius 3 is 2.67 bits per heavy atom. The fraction of sp³-hybridized carbons (Fsp3) is 0.100. The highest BCUT2D eigenvalue weighted by Crippen LogP contribution is 2.26. The SMILES string of the molecule is Cc1nsc(NS(=O)(=O)c2cc(Br)cc(C(=O)O)c2F)n1. The molecule has 1 aromatic heterocycles. The van der Waals surface area contributed by atoms with Gasteiger partial charge in [0, 0.05) is 16.0 Å². The van der Waals surface area contributed by atoms with Crippen LogP contribution in [0.25, 0.3) is 0 Å². The Labute approximate surface area is 131 Å². The molecule has 21 heavy (non-hydrogen) atoms. The molecule has 0 aliphatic heterocycles. The van der Waals surface area contributed by atoms with Crippen LogP contribution in [-0.2, 0) is 10.0 Å². The lowest BCUT2D eigenvalue weighted by atomic mass is 10.2. The van der Waals surface area contributed by atoms with Gasteiger partial charge in [-0.05, 0) is 19.1 Å². The number of carboxylic acids is 1. The van der Waals surface area contributed by atoms with Crippen LogP contribution in [0, 0.1) is 12.7 Å². The van der Waals surface area contributed by atoms with E-state index >= 15 is 0 Å². The van der Waals surface area contributed by atoms with Crippen molar-refractivity contribution in [3.8, 4) is 0 Å². The van der Waals surface area contributed by atoms with Crippen molar-refractivity contribution < 1.29 is 22.7 Å². The van der Waals surface area contributed by atoms with Crippen LogP contribution in [0.4, 0.5) is 9.52 Å². The number of carboxylic acid groups (broad SMARTS) is 1. The molecule has 2 aromatic rings. The summed E-state index contributed by atoms with van der Waals surface area (Å²) in [6.07, 6.45) is 0. The Hall–Kier alpha value is -1.59. The highest BCUT2D eigenvalue weighted by atomic mass is 79.9. The Balaban J connectivity index is 2.52. The topological polar surface area (TPSA) is 109 Å². The smallest absolute Gasteiger partial charge is 0.338 e. The van der Waals surface area contributed by atoms with Gasteiger partial charge in [-0.1, -0.05) is 15.9 Å². The molecule has 0 atom stereocenters. The van der Waals surface area contributed by atoms with Crippen molar-refractivity contribution in [3.63, 3.8) is 0 Å². The molecule has 0 aliphatic rings. The first kappa shape index (κ1) is 15.8. The molecule has 0 fully saturated rings. The van der Waals surface area contributed by atoms with Crippen LogP contribution in [0.1, 0.15) is 16.2 Å². The number of nitrogens with one attached hydrogen (secondary N) is 1. The van der Waals surface area contributed by atoms with Gasteiger partial charge in [-0.15, -0.1) is 0 Å². The summed E-state index contributed by atoms with van der Waals surface area (Å²) in [7, 11) is -4.32.